The van der Waals surface area contributed by atoms with E-state index in [0.29, 0.717) is 40.9 Å². The van der Waals surface area contributed by atoms with E-state index in [1.807, 2.05) is 29.2 Å². The monoisotopic (exact) mass is 375 g/mol. The summed E-state index contributed by atoms with van der Waals surface area (Å²) in [5, 5.41) is 6.02. The van der Waals surface area contributed by atoms with Gasteiger partial charge < -0.3 is 9.64 Å². The van der Waals surface area contributed by atoms with E-state index in [2.05, 4.69) is 5.10 Å². The zero-order chi connectivity index (χ0) is 17.6. The minimum absolute atomic E-state index is 0.0528. The van der Waals surface area contributed by atoms with Crippen LogP contribution < -0.4 is 4.74 Å². The molecule has 0 bridgehead atoms. The van der Waals surface area contributed by atoms with Crippen LogP contribution >= 0.6 is 23.2 Å². The minimum atomic E-state index is -0.0528. The molecule has 0 saturated heterocycles. The summed E-state index contributed by atoms with van der Waals surface area (Å²) in [5.74, 6) is 0.743. The zero-order valence-electron chi connectivity index (χ0n) is 13.5. The molecule has 25 heavy (non-hydrogen) atoms. The van der Waals surface area contributed by atoms with Crippen LogP contribution in [-0.4, -0.2) is 34.2 Å². The van der Waals surface area contributed by atoms with Crippen LogP contribution in [-0.2, 0) is 13.1 Å². The molecular formula is C18H15Cl2N3O2. The summed E-state index contributed by atoms with van der Waals surface area (Å²) in [6.45, 7) is 1.76. The number of methoxy groups -OCH3 is 1. The van der Waals surface area contributed by atoms with Crippen molar-refractivity contribution in [2.24, 2.45) is 0 Å². The number of hydrogen-bond acceptors (Lipinski definition) is 3. The normalized spacial score (nSPS) is 14.0. The van der Waals surface area contributed by atoms with Gasteiger partial charge >= 0.3 is 0 Å². The first-order chi connectivity index (χ1) is 12.1. The Kier molecular flexibility index (Phi) is 4.06. The number of halogens is 2. The predicted octanol–water partition coefficient (Wildman–Crippen LogP) is 4.01. The number of ether oxygens (including phenoxy) is 1. The van der Waals surface area contributed by atoms with E-state index in [4.69, 9.17) is 27.9 Å². The third kappa shape index (κ3) is 2.73. The zero-order valence-corrected chi connectivity index (χ0v) is 15.0. The SMILES string of the molecule is COc1ccc(CN2CCn3nc4c(Cl)c(Cl)ccc4c3C2=O)cc1. The lowest BCUT2D eigenvalue weighted by Crippen LogP contribution is -2.39. The van der Waals surface area contributed by atoms with Crippen molar-refractivity contribution in [2.45, 2.75) is 13.1 Å². The molecule has 0 spiro atoms. The van der Waals surface area contributed by atoms with Crippen LogP contribution in [0.4, 0.5) is 0 Å². The molecular weight excluding hydrogens is 361 g/mol. The van der Waals surface area contributed by atoms with Crippen LogP contribution in [0.25, 0.3) is 10.9 Å². The maximum Gasteiger partial charge on any atom is 0.273 e. The second-order valence-corrected chi connectivity index (χ2v) is 6.69. The highest BCUT2D eigenvalue weighted by atomic mass is 35.5. The highest BCUT2D eigenvalue weighted by Gasteiger charge is 2.29. The molecule has 0 saturated carbocycles. The predicted molar refractivity (Wildman–Crippen MR) is 97.5 cm³/mol. The van der Waals surface area contributed by atoms with Crippen molar-refractivity contribution in [3.8, 4) is 5.75 Å². The molecule has 1 aliphatic rings. The molecule has 4 rings (SSSR count). The smallest absolute Gasteiger partial charge is 0.273 e. The van der Waals surface area contributed by atoms with Crippen molar-refractivity contribution < 1.29 is 9.53 Å². The maximum absolute atomic E-state index is 13.0. The second kappa shape index (κ2) is 6.24. The average molecular weight is 376 g/mol. The fraction of sp³-hybridized carbons (Fsp3) is 0.222. The van der Waals surface area contributed by atoms with E-state index in [1.165, 1.54) is 0 Å². The van der Waals surface area contributed by atoms with Gasteiger partial charge in [-0.15, -0.1) is 0 Å². The van der Waals surface area contributed by atoms with E-state index in [9.17, 15) is 4.79 Å². The van der Waals surface area contributed by atoms with Gasteiger partial charge in [0.1, 0.15) is 17.0 Å². The van der Waals surface area contributed by atoms with Crippen LogP contribution in [0, 0.1) is 0 Å². The van der Waals surface area contributed by atoms with E-state index in [1.54, 1.807) is 23.9 Å². The third-order valence-electron chi connectivity index (χ3n) is 4.41. The van der Waals surface area contributed by atoms with Gasteiger partial charge in [0.2, 0.25) is 0 Å². The summed E-state index contributed by atoms with van der Waals surface area (Å²) >= 11 is 12.3. The van der Waals surface area contributed by atoms with Gasteiger partial charge in [-0.2, -0.15) is 5.10 Å². The van der Waals surface area contributed by atoms with Crippen LogP contribution in [0.3, 0.4) is 0 Å². The summed E-state index contributed by atoms with van der Waals surface area (Å²) in [7, 11) is 1.63. The number of aromatic nitrogens is 2. The molecule has 3 aromatic rings. The number of benzene rings is 2. The number of carbonyl (C=O) groups is 1. The Balaban J connectivity index is 1.67. The summed E-state index contributed by atoms with van der Waals surface area (Å²) in [6, 6.07) is 11.2. The van der Waals surface area contributed by atoms with Crippen LogP contribution in [0.15, 0.2) is 36.4 Å². The van der Waals surface area contributed by atoms with Crippen molar-refractivity contribution >= 4 is 40.0 Å². The summed E-state index contributed by atoms with van der Waals surface area (Å²) in [4.78, 5) is 14.8. The van der Waals surface area contributed by atoms with Gasteiger partial charge in [-0.05, 0) is 29.8 Å². The first-order valence-corrected chi connectivity index (χ1v) is 8.61. The first-order valence-electron chi connectivity index (χ1n) is 7.85. The lowest BCUT2D eigenvalue weighted by Gasteiger charge is -2.27. The Morgan fingerprint density at radius 1 is 1.12 bits per heavy atom. The molecule has 7 heteroatoms. The molecule has 1 amide bonds. The Bertz CT molecular complexity index is 967. The maximum atomic E-state index is 13.0. The Morgan fingerprint density at radius 2 is 1.88 bits per heavy atom. The quantitative estimate of drug-likeness (QED) is 0.694. The van der Waals surface area contributed by atoms with E-state index in [-0.39, 0.29) is 5.91 Å². The van der Waals surface area contributed by atoms with Gasteiger partial charge in [-0.25, -0.2) is 0 Å². The van der Waals surface area contributed by atoms with Crippen molar-refractivity contribution in [3.05, 3.63) is 57.7 Å². The third-order valence-corrected chi connectivity index (χ3v) is 5.20. The summed E-state index contributed by atoms with van der Waals surface area (Å²) in [6.07, 6.45) is 0. The van der Waals surface area contributed by atoms with E-state index < -0.39 is 0 Å². The van der Waals surface area contributed by atoms with Crippen molar-refractivity contribution in [2.75, 3.05) is 13.7 Å². The molecule has 128 valence electrons. The van der Waals surface area contributed by atoms with E-state index >= 15 is 0 Å². The minimum Gasteiger partial charge on any atom is -0.497 e. The number of nitrogens with zero attached hydrogens (tertiary/aromatic N) is 3. The molecule has 0 aliphatic carbocycles. The molecule has 0 unspecified atom stereocenters. The highest BCUT2D eigenvalue weighted by Crippen LogP contribution is 2.33. The fourth-order valence-electron chi connectivity index (χ4n) is 3.09. The van der Waals surface area contributed by atoms with Gasteiger partial charge in [0.25, 0.3) is 5.91 Å². The number of carbonyl (C=O) groups excluding carboxylic acids is 1. The topological polar surface area (TPSA) is 47.4 Å². The number of rotatable bonds is 3. The van der Waals surface area contributed by atoms with Crippen LogP contribution in [0.5, 0.6) is 5.75 Å². The van der Waals surface area contributed by atoms with Gasteiger partial charge in [-0.3, -0.25) is 9.48 Å². The number of amides is 1. The molecule has 5 nitrogen and oxygen atoms in total. The average Bonchev–Trinajstić information content (AvgIpc) is 3.01. The van der Waals surface area contributed by atoms with Gasteiger partial charge in [-0.1, -0.05) is 35.3 Å². The molecule has 2 aromatic carbocycles. The van der Waals surface area contributed by atoms with Gasteiger partial charge in [0.05, 0.1) is 23.7 Å². The fourth-order valence-corrected chi connectivity index (χ4v) is 3.45. The lowest BCUT2D eigenvalue weighted by molar-refractivity contribution is 0.0686. The number of hydrogen-bond donors (Lipinski definition) is 0. The molecule has 0 radical (unpaired) electrons. The van der Waals surface area contributed by atoms with Crippen molar-refractivity contribution in [1.82, 2.24) is 14.7 Å². The van der Waals surface area contributed by atoms with Crippen molar-refractivity contribution in [3.63, 3.8) is 0 Å². The summed E-state index contributed by atoms with van der Waals surface area (Å²) < 4.78 is 6.89. The standard InChI is InChI=1S/C18H15Cl2N3O2/c1-25-12-4-2-11(3-5-12)10-22-8-9-23-17(18(22)24)13-6-7-14(19)15(20)16(13)21-23/h2-7H,8-10H2,1H3. The second-order valence-electron chi connectivity index (χ2n) is 5.90. The Morgan fingerprint density at radius 3 is 2.60 bits per heavy atom. The van der Waals surface area contributed by atoms with Crippen LogP contribution in [0.1, 0.15) is 16.1 Å². The Labute approximate surface area is 154 Å². The number of fused-ring (bicyclic) bond motifs is 3. The van der Waals surface area contributed by atoms with Crippen LogP contribution in [0.2, 0.25) is 10.0 Å². The molecule has 0 N–H and O–H groups in total. The first kappa shape index (κ1) is 16.2. The molecule has 0 fully saturated rings. The summed E-state index contributed by atoms with van der Waals surface area (Å²) in [5.41, 5.74) is 2.18. The molecule has 1 aliphatic heterocycles. The molecule has 2 heterocycles. The van der Waals surface area contributed by atoms with Gasteiger partial charge in [0.15, 0.2) is 0 Å². The molecule has 1 aromatic heterocycles. The van der Waals surface area contributed by atoms with E-state index in [0.717, 1.165) is 16.7 Å². The Hall–Kier alpha value is -2.24. The van der Waals surface area contributed by atoms with Gasteiger partial charge in [0, 0.05) is 18.5 Å². The lowest BCUT2D eigenvalue weighted by atomic mass is 10.1. The molecule has 0 atom stereocenters. The highest BCUT2D eigenvalue weighted by molar-refractivity contribution is 6.45. The largest absolute Gasteiger partial charge is 0.497 e. The van der Waals surface area contributed by atoms with Crippen molar-refractivity contribution in [1.29, 1.82) is 0 Å².